The highest BCUT2D eigenvalue weighted by Crippen LogP contribution is 2.38. The van der Waals surface area contributed by atoms with Gasteiger partial charge in [-0.3, -0.25) is 14.9 Å². The van der Waals surface area contributed by atoms with Crippen molar-refractivity contribution in [2.24, 2.45) is 0 Å². The van der Waals surface area contributed by atoms with Gasteiger partial charge in [-0.15, -0.1) is 0 Å². The Morgan fingerprint density at radius 3 is 2.19 bits per heavy atom. The molecule has 0 radical (unpaired) electrons. The van der Waals surface area contributed by atoms with E-state index in [4.69, 9.17) is 23.2 Å². The Bertz CT molecular complexity index is 988. The summed E-state index contributed by atoms with van der Waals surface area (Å²) in [6.07, 6.45) is 4.78. The molecule has 1 fully saturated rings. The van der Waals surface area contributed by atoms with E-state index in [9.17, 15) is 20.0 Å². The summed E-state index contributed by atoms with van der Waals surface area (Å²) in [5.74, 6) is -0.235. The molecule has 0 aliphatic heterocycles. The summed E-state index contributed by atoms with van der Waals surface area (Å²) in [6.45, 7) is 5.97. The van der Waals surface area contributed by atoms with Crippen molar-refractivity contribution < 1.29 is 14.8 Å². The summed E-state index contributed by atoms with van der Waals surface area (Å²) in [5, 5.41) is 21.4. The molecule has 31 heavy (non-hydrogen) atoms. The summed E-state index contributed by atoms with van der Waals surface area (Å²) >= 11 is 12.6. The fraction of sp³-hybridized carbons (Fsp3) is 0.435. The van der Waals surface area contributed by atoms with Gasteiger partial charge in [0.25, 0.3) is 11.6 Å². The van der Waals surface area contributed by atoms with E-state index in [0.717, 1.165) is 49.8 Å². The number of non-ortho nitro benzene ring substituents is 1. The molecule has 0 saturated heterocycles. The molecule has 0 spiro atoms. The van der Waals surface area contributed by atoms with Crippen molar-refractivity contribution in [3.05, 3.63) is 61.6 Å². The number of nitrogens with zero attached hydrogens (tertiary/aromatic N) is 2. The summed E-state index contributed by atoms with van der Waals surface area (Å²) in [7, 11) is 0. The number of phenols is 1. The lowest BCUT2D eigenvalue weighted by Crippen LogP contribution is -2.42. The number of rotatable bonds is 4. The van der Waals surface area contributed by atoms with E-state index in [1.165, 1.54) is 0 Å². The van der Waals surface area contributed by atoms with Crippen LogP contribution in [0.2, 0.25) is 10.0 Å². The molecule has 1 N–H and O–H groups in total. The van der Waals surface area contributed by atoms with Gasteiger partial charge in [0.2, 0.25) is 0 Å². The number of carbonyl (C=O) groups is 1. The Kier molecular flexibility index (Phi) is 6.82. The number of halogens is 2. The van der Waals surface area contributed by atoms with E-state index >= 15 is 0 Å². The van der Waals surface area contributed by atoms with Crippen LogP contribution in [0.25, 0.3) is 0 Å². The van der Waals surface area contributed by atoms with Crippen LogP contribution < -0.4 is 4.90 Å². The fourth-order valence-corrected chi connectivity index (χ4v) is 4.73. The third kappa shape index (κ3) is 4.96. The van der Waals surface area contributed by atoms with E-state index in [2.05, 4.69) is 0 Å². The number of benzene rings is 2. The molecule has 0 atom stereocenters. The first-order valence-electron chi connectivity index (χ1n) is 10.3. The van der Waals surface area contributed by atoms with Crippen LogP contribution in [0.5, 0.6) is 5.75 Å². The van der Waals surface area contributed by atoms with Crippen molar-refractivity contribution in [2.45, 2.75) is 64.3 Å². The lowest BCUT2D eigenvalue weighted by atomic mass is 9.85. The molecule has 1 amide bonds. The first-order valence-corrected chi connectivity index (χ1v) is 11.1. The molecule has 3 rings (SSSR count). The normalized spacial score (nSPS) is 15.0. The van der Waals surface area contributed by atoms with E-state index in [1.54, 1.807) is 17.0 Å². The SMILES string of the molecule is CC(C)(C)c1cc(N(C(=O)c2c(Cl)cc([N+](=O)[O-])cc2Cl)C2CCCCC2)ccc1O. The fourth-order valence-electron chi connectivity index (χ4n) is 4.10. The zero-order valence-electron chi connectivity index (χ0n) is 17.8. The lowest BCUT2D eigenvalue weighted by molar-refractivity contribution is -0.384. The van der Waals surface area contributed by atoms with Gasteiger partial charge in [0.05, 0.1) is 20.5 Å². The minimum Gasteiger partial charge on any atom is -0.508 e. The monoisotopic (exact) mass is 464 g/mol. The molecular weight excluding hydrogens is 439 g/mol. The predicted octanol–water partition coefficient (Wildman–Crippen LogP) is 6.88. The highest BCUT2D eigenvalue weighted by Gasteiger charge is 2.32. The Morgan fingerprint density at radius 1 is 1.10 bits per heavy atom. The van der Waals surface area contributed by atoms with Crippen LogP contribution in [-0.2, 0) is 5.41 Å². The second-order valence-corrected chi connectivity index (χ2v) is 9.77. The van der Waals surface area contributed by atoms with E-state index in [0.29, 0.717) is 5.69 Å². The highest BCUT2D eigenvalue weighted by atomic mass is 35.5. The largest absolute Gasteiger partial charge is 0.508 e. The maximum atomic E-state index is 13.7. The van der Waals surface area contributed by atoms with Crippen LogP contribution in [-0.4, -0.2) is 22.0 Å². The maximum absolute atomic E-state index is 13.7. The average molecular weight is 465 g/mol. The zero-order chi connectivity index (χ0) is 22.9. The Morgan fingerprint density at radius 2 is 1.68 bits per heavy atom. The van der Waals surface area contributed by atoms with Crippen molar-refractivity contribution in [3.63, 3.8) is 0 Å². The molecule has 0 unspecified atom stereocenters. The Labute approximate surface area is 191 Å². The van der Waals surface area contributed by atoms with Gasteiger partial charge in [0, 0.05) is 29.4 Å². The minimum atomic E-state index is -0.597. The van der Waals surface area contributed by atoms with Crippen LogP contribution in [0.3, 0.4) is 0 Å². The van der Waals surface area contributed by atoms with Gasteiger partial charge in [-0.25, -0.2) is 0 Å². The molecule has 0 bridgehead atoms. The number of nitro benzene ring substituents is 1. The van der Waals surface area contributed by atoms with Gasteiger partial charge >= 0.3 is 0 Å². The number of phenolic OH excluding ortho intramolecular Hbond substituents is 1. The molecule has 1 aliphatic carbocycles. The average Bonchev–Trinajstić information content (AvgIpc) is 2.68. The third-order valence-corrected chi connectivity index (χ3v) is 6.27. The van der Waals surface area contributed by atoms with Crippen LogP contribution in [0.4, 0.5) is 11.4 Å². The number of amides is 1. The number of hydrogen-bond acceptors (Lipinski definition) is 4. The minimum absolute atomic E-state index is 0.0462. The summed E-state index contributed by atoms with van der Waals surface area (Å²) in [4.78, 5) is 26.0. The van der Waals surface area contributed by atoms with Gasteiger partial charge in [0.1, 0.15) is 5.75 Å². The lowest BCUT2D eigenvalue weighted by Gasteiger charge is -2.35. The number of nitro groups is 1. The zero-order valence-corrected chi connectivity index (χ0v) is 19.3. The highest BCUT2D eigenvalue weighted by molar-refractivity contribution is 6.40. The third-order valence-electron chi connectivity index (χ3n) is 5.68. The van der Waals surface area contributed by atoms with Crippen molar-refractivity contribution in [2.75, 3.05) is 4.90 Å². The smallest absolute Gasteiger partial charge is 0.272 e. The predicted molar refractivity (Wildman–Crippen MR) is 124 cm³/mol. The maximum Gasteiger partial charge on any atom is 0.272 e. The molecule has 0 heterocycles. The standard InChI is InChI=1S/C23H26Cl2N2O4/c1-23(2,3)17-11-15(9-10-20(17)28)26(14-7-5-4-6-8-14)22(29)21-18(24)12-16(27(30)31)13-19(21)25/h9-14,28H,4-8H2,1-3H3. The molecule has 2 aromatic rings. The van der Waals surface area contributed by atoms with Crippen molar-refractivity contribution in [1.82, 2.24) is 0 Å². The van der Waals surface area contributed by atoms with Crippen LogP contribution in [0.15, 0.2) is 30.3 Å². The van der Waals surface area contributed by atoms with Gasteiger partial charge in [-0.05, 0) is 36.5 Å². The first-order chi connectivity index (χ1) is 14.5. The molecule has 2 aromatic carbocycles. The Hall–Kier alpha value is -2.31. The van der Waals surface area contributed by atoms with Gasteiger partial charge < -0.3 is 10.0 Å². The number of hydrogen-bond donors (Lipinski definition) is 1. The van der Waals surface area contributed by atoms with E-state index in [1.807, 2.05) is 26.8 Å². The molecule has 1 saturated carbocycles. The molecule has 1 aliphatic rings. The van der Waals surface area contributed by atoms with Gasteiger partial charge in [0.15, 0.2) is 0 Å². The van der Waals surface area contributed by atoms with Gasteiger partial charge in [-0.2, -0.15) is 0 Å². The Balaban J connectivity index is 2.13. The van der Waals surface area contributed by atoms with Crippen molar-refractivity contribution >= 4 is 40.5 Å². The summed E-state index contributed by atoms with van der Waals surface area (Å²) < 4.78 is 0. The molecule has 0 aromatic heterocycles. The molecule has 8 heteroatoms. The van der Waals surface area contributed by atoms with Crippen LogP contribution in [0.1, 0.15) is 68.8 Å². The number of carbonyl (C=O) groups excluding carboxylic acids is 1. The number of anilines is 1. The number of aromatic hydroxyl groups is 1. The van der Waals surface area contributed by atoms with E-state index in [-0.39, 0.29) is 38.5 Å². The molecular formula is C23H26Cl2N2O4. The topological polar surface area (TPSA) is 83.7 Å². The molecule has 6 nitrogen and oxygen atoms in total. The molecule has 166 valence electrons. The second kappa shape index (κ2) is 9.05. The van der Waals surface area contributed by atoms with Gasteiger partial charge in [-0.1, -0.05) is 63.2 Å². The van der Waals surface area contributed by atoms with Crippen LogP contribution >= 0.6 is 23.2 Å². The van der Waals surface area contributed by atoms with E-state index < -0.39 is 10.8 Å². The quantitative estimate of drug-likeness (QED) is 0.394. The first kappa shape index (κ1) is 23.4. The summed E-state index contributed by atoms with van der Waals surface area (Å²) in [5.41, 5.74) is 0.814. The van der Waals surface area contributed by atoms with Crippen molar-refractivity contribution in [1.29, 1.82) is 0 Å². The summed E-state index contributed by atoms with van der Waals surface area (Å²) in [6, 6.07) is 7.38. The second-order valence-electron chi connectivity index (χ2n) is 8.96. The van der Waals surface area contributed by atoms with Crippen LogP contribution in [0, 0.1) is 10.1 Å². The van der Waals surface area contributed by atoms with Crippen molar-refractivity contribution in [3.8, 4) is 5.75 Å².